The molecule has 0 aliphatic carbocycles. The highest BCUT2D eigenvalue weighted by atomic mass is 16.5. The third-order valence-corrected chi connectivity index (χ3v) is 2.70. The van der Waals surface area contributed by atoms with E-state index in [9.17, 15) is 9.59 Å². The van der Waals surface area contributed by atoms with Crippen molar-refractivity contribution in [1.82, 2.24) is 5.16 Å². The number of para-hydroxylation sites is 1. The zero-order chi connectivity index (χ0) is 14.0. The van der Waals surface area contributed by atoms with Crippen LogP contribution in [0.2, 0.25) is 0 Å². The molecule has 0 spiro atoms. The molecule has 98 valence electrons. The summed E-state index contributed by atoms with van der Waals surface area (Å²) in [7, 11) is 0. The van der Waals surface area contributed by atoms with Crippen molar-refractivity contribution in [3.05, 3.63) is 46.8 Å². The van der Waals surface area contributed by atoms with Crippen molar-refractivity contribution in [2.24, 2.45) is 5.73 Å². The van der Waals surface area contributed by atoms with E-state index in [1.807, 2.05) is 0 Å². The Balaban J connectivity index is 2.32. The molecular weight excluding hydrogens is 246 g/mol. The van der Waals surface area contributed by atoms with Crippen molar-refractivity contribution in [2.45, 2.75) is 13.8 Å². The number of carbonyl (C=O) groups is 2. The van der Waals surface area contributed by atoms with Crippen LogP contribution in [0.1, 0.15) is 32.2 Å². The van der Waals surface area contributed by atoms with Crippen LogP contribution in [0.3, 0.4) is 0 Å². The lowest BCUT2D eigenvalue weighted by Gasteiger charge is -2.08. The van der Waals surface area contributed by atoms with Gasteiger partial charge in [-0.3, -0.25) is 9.59 Å². The maximum Gasteiger partial charge on any atom is 0.261 e. The number of nitrogens with one attached hydrogen (secondary N) is 1. The summed E-state index contributed by atoms with van der Waals surface area (Å²) in [5.41, 5.74) is 6.71. The van der Waals surface area contributed by atoms with Crippen LogP contribution < -0.4 is 11.1 Å². The highest BCUT2D eigenvalue weighted by Crippen LogP contribution is 2.18. The van der Waals surface area contributed by atoms with Crippen LogP contribution >= 0.6 is 0 Å². The second kappa shape index (κ2) is 4.93. The maximum absolute atomic E-state index is 12.1. The number of carbonyl (C=O) groups excluding carboxylic acids is 2. The van der Waals surface area contributed by atoms with E-state index in [1.165, 1.54) is 0 Å². The third-order valence-electron chi connectivity index (χ3n) is 2.70. The molecule has 0 saturated heterocycles. The molecule has 0 aliphatic rings. The minimum absolute atomic E-state index is 0.252. The SMILES string of the molecule is Cc1noc(C)c1C(=O)Nc1ccccc1C(N)=O. The van der Waals surface area contributed by atoms with Crippen molar-refractivity contribution in [1.29, 1.82) is 0 Å². The van der Waals surface area contributed by atoms with Crippen LogP contribution in [-0.2, 0) is 0 Å². The third kappa shape index (κ3) is 2.47. The molecule has 19 heavy (non-hydrogen) atoms. The van der Waals surface area contributed by atoms with Gasteiger partial charge in [-0.2, -0.15) is 0 Å². The van der Waals surface area contributed by atoms with Gasteiger partial charge in [0, 0.05) is 0 Å². The topological polar surface area (TPSA) is 98.2 Å². The molecule has 0 unspecified atom stereocenters. The lowest BCUT2D eigenvalue weighted by atomic mass is 10.1. The van der Waals surface area contributed by atoms with Gasteiger partial charge in [0.05, 0.1) is 16.9 Å². The quantitative estimate of drug-likeness (QED) is 0.875. The van der Waals surface area contributed by atoms with E-state index in [4.69, 9.17) is 10.3 Å². The van der Waals surface area contributed by atoms with Crippen LogP contribution in [0, 0.1) is 13.8 Å². The van der Waals surface area contributed by atoms with Gasteiger partial charge in [0.25, 0.3) is 11.8 Å². The van der Waals surface area contributed by atoms with Gasteiger partial charge in [0.2, 0.25) is 0 Å². The number of hydrogen-bond donors (Lipinski definition) is 2. The summed E-state index contributed by atoms with van der Waals surface area (Å²) in [5, 5.41) is 6.35. The first-order valence-corrected chi connectivity index (χ1v) is 5.63. The molecule has 0 aliphatic heterocycles. The Hall–Kier alpha value is -2.63. The molecule has 2 aromatic rings. The smallest absolute Gasteiger partial charge is 0.261 e. The molecule has 0 radical (unpaired) electrons. The zero-order valence-electron chi connectivity index (χ0n) is 10.6. The summed E-state index contributed by atoms with van der Waals surface area (Å²) >= 11 is 0. The average Bonchev–Trinajstić information content (AvgIpc) is 2.69. The van der Waals surface area contributed by atoms with E-state index in [0.29, 0.717) is 22.7 Å². The molecule has 2 rings (SSSR count). The lowest BCUT2D eigenvalue weighted by molar-refractivity contribution is 0.100. The van der Waals surface area contributed by atoms with Gasteiger partial charge in [-0.25, -0.2) is 0 Å². The van der Waals surface area contributed by atoms with E-state index < -0.39 is 5.91 Å². The summed E-state index contributed by atoms with van der Waals surface area (Å²) in [5.74, 6) is -0.564. The Morgan fingerprint density at radius 3 is 2.53 bits per heavy atom. The van der Waals surface area contributed by atoms with Gasteiger partial charge in [0.1, 0.15) is 11.3 Å². The molecule has 1 heterocycles. The number of benzene rings is 1. The number of hydrogen-bond acceptors (Lipinski definition) is 4. The number of aromatic nitrogens is 1. The lowest BCUT2D eigenvalue weighted by Crippen LogP contribution is -2.18. The zero-order valence-corrected chi connectivity index (χ0v) is 10.6. The normalized spacial score (nSPS) is 10.2. The number of aryl methyl sites for hydroxylation is 2. The first-order valence-electron chi connectivity index (χ1n) is 5.63. The molecule has 2 amide bonds. The van der Waals surface area contributed by atoms with Gasteiger partial charge in [-0.15, -0.1) is 0 Å². The predicted molar refractivity (Wildman–Crippen MR) is 68.9 cm³/mol. The Morgan fingerprint density at radius 1 is 1.26 bits per heavy atom. The van der Waals surface area contributed by atoms with Gasteiger partial charge >= 0.3 is 0 Å². The van der Waals surface area contributed by atoms with E-state index in [-0.39, 0.29) is 11.5 Å². The summed E-state index contributed by atoms with van der Waals surface area (Å²) < 4.78 is 4.93. The molecule has 0 atom stereocenters. The number of primary amides is 1. The molecule has 3 N–H and O–H groups in total. The van der Waals surface area contributed by atoms with Gasteiger partial charge in [0.15, 0.2) is 0 Å². The van der Waals surface area contributed by atoms with Gasteiger partial charge in [-0.05, 0) is 26.0 Å². The molecule has 6 nitrogen and oxygen atoms in total. The molecule has 0 bridgehead atoms. The number of nitrogens with two attached hydrogens (primary N) is 1. The van der Waals surface area contributed by atoms with Crippen molar-refractivity contribution in [2.75, 3.05) is 5.32 Å². The fraction of sp³-hybridized carbons (Fsp3) is 0.154. The fourth-order valence-electron chi connectivity index (χ4n) is 1.80. The van der Waals surface area contributed by atoms with Crippen LogP contribution in [0.5, 0.6) is 0 Å². The standard InChI is InChI=1S/C13H13N3O3/c1-7-11(8(2)19-16-7)13(18)15-10-6-4-3-5-9(10)12(14)17/h3-6H,1-2H3,(H2,14,17)(H,15,18). The van der Waals surface area contributed by atoms with Crippen molar-refractivity contribution in [3.8, 4) is 0 Å². The predicted octanol–water partition coefficient (Wildman–Crippen LogP) is 1.64. The Kier molecular flexibility index (Phi) is 3.33. The Bertz CT molecular complexity index is 627. The molecule has 1 aromatic carbocycles. The minimum atomic E-state index is -0.602. The first-order chi connectivity index (χ1) is 9.00. The van der Waals surface area contributed by atoms with Crippen LogP contribution in [0.25, 0.3) is 0 Å². The molecule has 0 fully saturated rings. The van der Waals surface area contributed by atoms with E-state index in [1.54, 1.807) is 38.1 Å². The van der Waals surface area contributed by atoms with Crippen molar-refractivity contribution in [3.63, 3.8) is 0 Å². The Labute approximate surface area is 109 Å². The second-order valence-corrected chi connectivity index (χ2v) is 4.06. The van der Waals surface area contributed by atoms with E-state index in [2.05, 4.69) is 10.5 Å². The number of anilines is 1. The fourth-order valence-corrected chi connectivity index (χ4v) is 1.80. The van der Waals surface area contributed by atoms with Gasteiger partial charge in [-0.1, -0.05) is 17.3 Å². The van der Waals surface area contributed by atoms with Gasteiger partial charge < -0.3 is 15.6 Å². The molecule has 6 heteroatoms. The average molecular weight is 259 g/mol. The molecule has 1 aromatic heterocycles. The van der Waals surface area contributed by atoms with Crippen LogP contribution in [-0.4, -0.2) is 17.0 Å². The summed E-state index contributed by atoms with van der Waals surface area (Å²) in [6, 6.07) is 6.53. The van der Waals surface area contributed by atoms with Crippen molar-refractivity contribution >= 4 is 17.5 Å². The second-order valence-electron chi connectivity index (χ2n) is 4.06. The number of rotatable bonds is 3. The Morgan fingerprint density at radius 2 is 1.95 bits per heavy atom. The summed E-state index contributed by atoms with van der Waals surface area (Å²) in [6.07, 6.45) is 0. The highest BCUT2D eigenvalue weighted by molar-refractivity contribution is 6.09. The van der Waals surface area contributed by atoms with E-state index >= 15 is 0 Å². The summed E-state index contributed by atoms with van der Waals surface area (Å²) in [4.78, 5) is 23.4. The monoisotopic (exact) mass is 259 g/mol. The van der Waals surface area contributed by atoms with E-state index in [0.717, 1.165) is 0 Å². The minimum Gasteiger partial charge on any atom is -0.366 e. The number of amides is 2. The molecular formula is C13H13N3O3. The molecule has 0 saturated carbocycles. The highest BCUT2D eigenvalue weighted by Gasteiger charge is 2.19. The largest absolute Gasteiger partial charge is 0.366 e. The van der Waals surface area contributed by atoms with Crippen molar-refractivity contribution < 1.29 is 14.1 Å². The summed E-state index contributed by atoms with van der Waals surface area (Å²) in [6.45, 7) is 3.32. The van der Waals surface area contributed by atoms with Crippen LogP contribution in [0.4, 0.5) is 5.69 Å². The first kappa shape index (κ1) is 12.8. The maximum atomic E-state index is 12.1. The number of nitrogens with zero attached hydrogens (tertiary/aromatic N) is 1. The van der Waals surface area contributed by atoms with Crippen LogP contribution in [0.15, 0.2) is 28.8 Å².